The molecule has 2 N–H and O–H groups in total. The molecule has 0 saturated heterocycles. The third-order valence-electron chi connectivity index (χ3n) is 2.84. The summed E-state index contributed by atoms with van der Waals surface area (Å²) in [6.45, 7) is 1.89. The van der Waals surface area contributed by atoms with Crippen LogP contribution in [0.25, 0.3) is 5.69 Å². The summed E-state index contributed by atoms with van der Waals surface area (Å²) in [5, 5.41) is 0. The molecule has 0 aliphatic rings. The molecule has 1 heterocycles. The number of nitrogens with zero attached hydrogens (tertiary/aromatic N) is 2. The van der Waals surface area contributed by atoms with Gasteiger partial charge in [-0.25, -0.2) is 14.2 Å². The third kappa shape index (κ3) is 2.40. The number of carbonyl (C=O) groups excluding carboxylic acids is 1. The van der Waals surface area contributed by atoms with Gasteiger partial charge in [-0.1, -0.05) is 6.92 Å². The van der Waals surface area contributed by atoms with E-state index in [1.54, 1.807) is 16.7 Å². The Labute approximate surface area is 123 Å². The second-order valence-corrected chi connectivity index (χ2v) is 4.90. The molecule has 7 heteroatoms. The molecule has 0 saturated carbocycles. The first kappa shape index (κ1) is 14.5. The average Bonchev–Trinajstić information content (AvgIpc) is 2.78. The molecular formula is C13H13BrFN3O2. The van der Waals surface area contributed by atoms with Crippen LogP contribution in [0.1, 0.15) is 23.2 Å². The first-order valence-corrected chi connectivity index (χ1v) is 6.69. The molecule has 1 aromatic heterocycles. The first-order valence-electron chi connectivity index (χ1n) is 5.90. The van der Waals surface area contributed by atoms with Crippen LogP contribution < -0.4 is 5.73 Å². The minimum atomic E-state index is -0.600. The highest BCUT2D eigenvalue weighted by Crippen LogP contribution is 2.25. The van der Waals surface area contributed by atoms with Gasteiger partial charge in [0.15, 0.2) is 5.69 Å². The Kier molecular flexibility index (Phi) is 4.08. The number of anilines is 1. The lowest BCUT2D eigenvalue weighted by Crippen LogP contribution is -2.08. The monoisotopic (exact) mass is 341 g/mol. The second-order valence-electron chi connectivity index (χ2n) is 4.04. The summed E-state index contributed by atoms with van der Waals surface area (Å²) in [4.78, 5) is 15.8. The molecular weight excluding hydrogens is 329 g/mol. The molecule has 0 bridgehead atoms. The second kappa shape index (κ2) is 5.62. The number of carbonyl (C=O) groups is 1. The van der Waals surface area contributed by atoms with E-state index >= 15 is 0 Å². The average molecular weight is 342 g/mol. The molecule has 1 aromatic carbocycles. The number of aryl methyl sites for hydroxylation is 1. The van der Waals surface area contributed by atoms with Crippen LogP contribution >= 0.6 is 15.9 Å². The molecule has 0 amide bonds. The number of aromatic nitrogens is 2. The Morgan fingerprint density at radius 3 is 2.80 bits per heavy atom. The smallest absolute Gasteiger partial charge is 0.360 e. The number of rotatable bonds is 3. The van der Waals surface area contributed by atoms with Gasteiger partial charge in [-0.2, -0.15) is 0 Å². The highest BCUT2D eigenvalue weighted by molar-refractivity contribution is 9.10. The molecule has 0 unspecified atom stereocenters. The Morgan fingerprint density at radius 2 is 2.25 bits per heavy atom. The van der Waals surface area contributed by atoms with Crippen molar-refractivity contribution in [3.05, 3.63) is 40.0 Å². The number of imidazole rings is 1. The van der Waals surface area contributed by atoms with Crippen LogP contribution in [-0.2, 0) is 11.2 Å². The largest absolute Gasteiger partial charge is 0.464 e. The zero-order valence-corrected chi connectivity index (χ0v) is 12.6. The maximum Gasteiger partial charge on any atom is 0.360 e. The van der Waals surface area contributed by atoms with Crippen molar-refractivity contribution >= 4 is 27.7 Å². The number of methoxy groups -OCH3 is 1. The van der Waals surface area contributed by atoms with Crippen molar-refractivity contribution in [3.63, 3.8) is 0 Å². The van der Waals surface area contributed by atoms with Crippen LogP contribution in [0.5, 0.6) is 0 Å². The normalized spacial score (nSPS) is 10.6. The Morgan fingerprint density at radius 1 is 1.55 bits per heavy atom. The van der Waals surface area contributed by atoms with Crippen LogP contribution in [0.3, 0.4) is 0 Å². The van der Waals surface area contributed by atoms with E-state index < -0.39 is 5.97 Å². The zero-order valence-electron chi connectivity index (χ0n) is 11.0. The van der Waals surface area contributed by atoms with Gasteiger partial charge in [0.05, 0.1) is 17.3 Å². The minimum Gasteiger partial charge on any atom is -0.464 e. The number of halogens is 2. The van der Waals surface area contributed by atoms with Crippen molar-refractivity contribution in [2.75, 3.05) is 12.8 Å². The maximum atomic E-state index is 13.3. The summed E-state index contributed by atoms with van der Waals surface area (Å²) in [6.07, 6.45) is 0.566. The van der Waals surface area contributed by atoms with Gasteiger partial charge >= 0.3 is 5.97 Å². The van der Waals surface area contributed by atoms with Crippen LogP contribution in [-0.4, -0.2) is 22.6 Å². The van der Waals surface area contributed by atoms with Crippen LogP contribution in [0.2, 0.25) is 0 Å². The fourth-order valence-electron chi connectivity index (χ4n) is 1.88. The molecule has 0 aliphatic carbocycles. The lowest BCUT2D eigenvalue weighted by Gasteiger charge is -2.09. The van der Waals surface area contributed by atoms with E-state index in [4.69, 9.17) is 5.73 Å². The van der Waals surface area contributed by atoms with Gasteiger partial charge in [0, 0.05) is 6.42 Å². The summed E-state index contributed by atoms with van der Waals surface area (Å²) in [6, 6.07) is 4.46. The van der Waals surface area contributed by atoms with Gasteiger partial charge in [-0.05, 0) is 34.1 Å². The molecule has 106 valence electrons. The quantitative estimate of drug-likeness (QED) is 0.871. The number of ether oxygens (including phenoxy) is 1. The topological polar surface area (TPSA) is 70.1 Å². The van der Waals surface area contributed by atoms with Gasteiger partial charge in [0.1, 0.15) is 17.5 Å². The Bertz CT molecular complexity index is 670. The molecule has 0 aliphatic heterocycles. The number of esters is 1. The van der Waals surface area contributed by atoms with E-state index in [0.29, 0.717) is 22.4 Å². The zero-order chi connectivity index (χ0) is 14.9. The predicted molar refractivity (Wildman–Crippen MR) is 76.4 cm³/mol. The van der Waals surface area contributed by atoms with Crippen LogP contribution in [0.15, 0.2) is 22.7 Å². The lowest BCUT2D eigenvalue weighted by atomic mass is 10.3. The van der Waals surface area contributed by atoms with Crippen molar-refractivity contribution in [2.45, 2.75) is 13.3 Å². The first-order chi connectivity index (χ1) is 9.49. The number of benzene rings is 1. The summed E-state index contributed by atoms with van der Waals surface area (Å²) < 4.78 is 19.9. The summed E-state index contributed by atoms with van der Waals surface area (Å²) in [5.41, 5.74) is 6.65. The summed E-state index contributed by atoms with van der Waals surface area (Å²) in [5.74, 6) is -0.204. The summed E-state index contributed by atoms with van der Waals surface area (Å²) in [7, 11) is 1.26. The van der Waals surface area contributed by atoms with E-state index in [1.807, 2.05) is 6.92 Å². The molecule has 0 atom stereocenters. The van der Waals surface area contributed by atoms with Crippen LogP contribution in [0.4, 0.5) is 10.2 Å². The van der Waals surface area contributed by atoms with E-state index in [0.717, 1.165) is 0 Å². The van der Waals surface area contributed by atoms with E-state index in [9.17, 15) is 9.18 Å². The predicted octanol–water partition coefficient (Wildman–Crippen LogP) is 2.71. The number of hydrogen-bond donors (Lipinski definition) is 1. The molecule has 5 nitrogen and oxygen atoms in total. The number of hydrogen-bond acceptors (Lipinski definition) is 4. The molecule has 20 heavy (non-hydrogen) atoms. The van der Waals surface area contributed by atoms with Gasteiger partial charge in [-0.3, -0.25) is 4.57 Å². The Balaban J connectivity index is 2.63. The molecule has 0 radical (unpaired) electrons. The van der Waals surface area contributed by atoms with Crippen molar-refractivity contribution in [2.24, 2.45) is 0 Å². The Hall–Kier alpha value is -1.89. The van der Waals surface area contributed by atoms with Gasteiger partial charge in [0.2, 0.25) is 0 Å². The standard InChI is InChI=1S/C13H13BrFN3O2/c1-3-10-17-11(13(19)20-2)12(16)18(10)7-4-5-9(15)8(14)6-7/h4-6H,3,16H2,1-2H3. The third-order valence-corrected chi connectivity index (χ3v) is 3.45. The number of nitrogens with two attached hydrogens (primary N) is 1. The van der Waals surface area contributed by atoms with Crippen molar-refractivity contribution < 1.29 is 13.9 Å². The SMILES string of the molecule is CCc1nc(C(=O)OC)c(N)n1-c1ccc(F)c(Br)c1. The fourth-order valence-corrected chi connectivity index (χ4v) is 2.24. The highest BCUT2D eigenvalue weighted by atomic mass is 79.9. The maximum absolute atomic E-state index is 13.3. The molecule has 2 rings (SSSR count). The fraction of sp³-hybridized carbons (Fsp3) is 0.231. The molecule has 0 fully saturated rings. The summed E-state index contributed by atoms with van der Waals surface area (Å²) >= 11 is 3.12. The van der Waals surface area contributed by atoms with Gasteiger partial charge < -0.3 is 10.5 Å². The van der Waals surface area contributed by atoms with Crippen molar-refractivity contribution in [3.8, 4) is 5.69 Å². The van der Waals surface area contributed by atoms with Crippen molar-refractivity contribution in [1.82, 2.24) is 9.55 Å². The highest BCUT2D eigenvalue weighted by Gasteiger charge is 2.21. The van der Waals surface area contributed by atoms with E-state index in [-0.39, 0.29) is 17.3 Å². The van der Waals surface area contributed by atoms with E-state index in [2.05, 4.69) is 25.7 Å². The molecule has 0 spiro atoms. The number of nitrogen functional groups attached to an aromatic ring is 1. The lowest BCUT2D eigenvalue weighted by molar-refractivity contribution is 0.0596. The van der Waals surface area contributed by atoms with E-state index in [1.165, 1.54) is 13.2 Å². The van der Waals surface area contributed by atoms with Crippen LogP contribution in [0, 0.1) is 5.82 Å². The molecule has 2 aromatic rings. The van der Waals surface area contributed by atoms with Gasteiger partial charge in [-0.15, -0.1) is 0 Å². The minimum absolute atomic E-state index is 0.0600. The van der Waals surface area contributed by atoms with Crippen molar-refractivity contribution in [1.29, 1.82) is 0 Å². The van der Waals surface area contributed by atoms with Gasteiger partial charge in [0.25, 0.3) is 0 Å².